The summed E-state index contributed by atoms with van der Waals surface area (Å²) in [5.41, 5.74) is 23.8. The SMILES string of the molecule is CC(C)C(NC(=O)C(N)CCCCN)C(=O)NC(Cc1c[nH]c2ccccc12)C(=O)NC(CCCN=C(N)N)C(=O)O. The highest BCUT2D eigenvalue weighted by molar-refractivity contribution is 5.95. The number of hydrogen-bond donors (Lipinski definition) is 9. The van der Waals surface area contributed by atoms with Crippen LogP contribution in [-0.2, 0) is 25.6 Å². The minimum atomic E-state index is -1.24. The van der Waals surface area contributed by atoms with Crippen molar-refractivity contribution < 1.29 is 24.3 Å². The van der Waals surface area contributed by atoms with E-state index < -0.39 is 47.9 Å². The standard InChI is InChI=1S/C28H45N9O5/c1-16(2)23(37-24(38)19(30)9-5-6-12-29)26(40)36-22(14-17-15-34-20-10-4-3-8-18(17)20)25(39)35-21(27(41)42)11-7-13-33-28(31)32/h3-4,8,10,15-16,19,21-23,34H,5-7,9,11-14,29-30H2,1-2H3,(H,35,39)(H,36,40)(H,37,38)(H,41,42)(H4,31,32,33). The van der Waals surface area contributed by atoms with Crippen molar-refractivity contribution in [2.24, 2.45) is 33.8 Å². The second-order valence-corrected chi connectivity index (χ2v) is 10.6. The lowest BCUT2D eigenvalue weighted by atomic mass is 9.99. The number of rotatable bonds is 18. The Labute approximate surface area is 245 Å². The zero-order valence-corrected chi connectivity index (χ0v) is 24.3. The van der Waals surface area contributed by atoms with Gasteiger partial charge in [0, 0.05) is 30.1 Å². The predicted octanol–water partition coefficient (Wildman–Crippen LogP) is -0.585. The summed E-state index contributed by atoms with van der Waals surface area (Å²) in [6.07, 6.45) is 4.00. The lowest BCUT2D eigenvalue weighted by molar-refractivity contribution is -0.142. The average molecular weight is 588 g/mol. The Morgan fingerprint density at radius 1 is 0.929 bits per heavy atom. The zero-order valence-electron chi connectivity index (χ0n) is 24.3. The number of nitrogens with zero attached hydrogens (tertiary/aromatic N) is 1. The smallest absolute Gasteiger partial charge is 0.326 e. The molecule has 232 valence electrons. The molecule has 1 heterocycles. The van der Waals surface area contributed by atoms with Crippen LogP contribution in [0, 0.1) is 5.92 Å². The van der Waals surface area contributed by atoms with E-state index in [0.717, 1.165) is 22.9 Å². The van der Waals surface area contributed by atoms with Gasteiger partial charge >= 0.3 is 5.97 Å². The van der Waals surface area contributed by atoms with E-state index in [2.05, 4.69) is 25.9 Å². The molecule has 0 aliphatic rings. The summed E-state index contributed by atoms with van der Waals surface area (Å²) in [5.74, 6) is -3.44. The summed E-state index contributed by atoms with van der Waals surface area (Å²) in [4.78, 5) is 58.6. The van der Waals surface area contributed by atoms with E-state index in [9.17, 15) is 24.3 Å². The number of guanidine groups is 1. The minimum absolute atomic E-state index is 0.0678. The molecular formula is C28H45N9O5. The first-order valence-corrected chi connectivity index (χ1v) is 14.1. The van der Waals surface area contributed by atoms with E-state index >= 15 is 0 Å². The van der Waals surface area contributed by atoms with Gasteiger partial charge in [0.2, 0.25) is 17.7 Å². The number of amides is 3. The van der Waals surface area contributed by atoms with Crippen LogP contribution >= 0.6 is 0 Å². The molecular weight excluding hydrogens is 542 g/mol. The molecule has 0 aliphatic heterocycles. The van der Waals surface area contributed by atoms with Crippen LogP contribution in [0.4, 0.5) is 0 Å². The van der Waals surface area contributed by atoms with Gasteiger partial charge in [0.1, 0.15) is 18.1 Å². The number of nitrogens with two attached hydrogens (primary N) is 4. The van der Waals surface area contributed by atoms with Crippen molar-refractivity contribution in [3.63, 3.8) is 0 Å². The second kappa shape index (κ2) is 16.9. The van der Waals surface area contributed by atoms with E-state index in [1.54, 1.807) is 20.0 Å². The third-order valence-corrected chi connectivity index (χ3v) is 6.84. The maximum Gasteiger partial charge on any atom is 0.326 e. The Kier molecular flexibility index (Phi) is 13.7. The number of unbranched alkanes of at least 4 members (excludes halogenated alkanes) is 1. The summed E-state index contributed by atoms with van der Waals surface area (Å²) in [6, 6.07) is 3.30. The van der Waals surface area contributed by atoms with E-state index in [1.807, 2.05) is 24.3 Å². The Hall–Kier alpha value is -4.17. The molecule has 4 atom stereocenters. The normalized spacial score (nSPS) is 14.0. The number of H-pyrrole nitrogens is 1. The fourth-order valence-corrected chi connectivity index (χ4v) is 4.46. The van der Waals surface area contributed by atoms with Gasteiger partial charge < -0.3 is 49.0 Å². The van der Waals surface area contributed by atoms with Gasteiger partial charge in [-0.1, -0.05) is 38.5 Å². The molecule has 1 aromatic carbocycles. The van der Waals surface area contributed by atoms with Gasteiger partial charge in [0.25, 0.3) is 0 Å². The van der Waals surface area contributed by atoms with Crippen molar-refractivity contribution in [3.05, 3.63) is 36.0 Å². The highest BCUT2D eigenvalue weighted by Crippen LogP contribution is 2.19. The molecule has 2 aromatic rings. The van der Waals surface area contributed by atoms with Crippen molar-refractivity contribution in [1.29, 1.82) is 0 Å². The molecule has 0 aliphatic carbocycles. The number of aromatic amines is 1. The molecule has 4 unspecified atom stereocenters. The van der Waals surface area contributed by atoms with Gasteiger partial charge in [-0.25, -0.2) is 4.79 Å². The molecule has 0 spiro atoms. The van der Waals surface area contributed by atoms with Gasteiger partial charge in [-0.2, -0.15) is 0 Å². The lowest BCUT2D eigenvalue weighted by Crippen LogP contribution is -2.58. The first kappa shape index (κ1) is 34.0. The number of carbonyl (C=O) groups excluding carboxylic acids is 3. The summed E-state index contributed by atoms with van der Waals surface area (Å²) in [7, 11) is 0. The van der Waals surface area contributed by atoms with Crippen molar-refractivity contribution >= 4 is 40.6 Å². The molecule has 0 radical (unpaired) electrons. The largest absolute Gasteiger partial charge is 0.480 e. The Bertz CT molecular complexity index is 1230. The van der Waals surface area contributed by atoms with E-state index in [-0.39, 0.29) is 31.3 Å². The molecule has 14 heteroatoms. The maximum absolute atomic E-state index is 13.5. The zero-order chi connectivity index (χ0) is 31.2. The summed E-state index contributed by atoms with van der Waals surface area (Å²) >= 11 is 0. The van der Waals surface area contributed by atoms with Gasteiger partial charge in [-0.15, -0.1) is 0 Å². The molecule has 0 saturated carbocycles. The van der Waals surface area contributed by atoms with Crippen LogP contribution in [0.15, 0.2) is 35.5 Å². The molecule has 1 aromatic heterocycles. The third-order valence-electron chi connectivity index (χ3n) is 6.84. The molecule has 14 nitrogen and oxygen atoms in total. The number of benzene rings is 1. The lowest BCUT2D eigenvalue weighted by Gasteiger charge is -2.27. The minimum Gasteiger partial charge on any atom is -0.480 e. The molecule has 0 saturated heterocycles. The first-order valence-electron chi connectivity index (χ1n) is 14.1. The van der Waals surface area contributed by atoms with Crippen LogP contribution in [0.25, 0.3) is 10.9 Å². The van der Waals surface area contributed by atoms with Crippen LogP contribution in [0.5, 0.6) is 0 Å². The van der Waals surface area contributed by atoms with Crippen molar-refractivity contribution in [2.75, 3.05) is 13.1 Å². The van der Waals surface area contributed by atoms with Gasteiger partial charge in [-0.05, 0) is 49.8 Å². The average Bonchev–Trinajstić information content (AvgIpc) is 3.34. The number of aliphatic imine (C=N–C) groups is 1. The van der Waals surface area contributed by atoms with E-state index in [0.29, 0.717) is 25.8 Å². The van der Waals surface area contributed by atoms with Gasteiger partial charge in [0.05, 0.1) is 6.04 Å². The summed E-state index contributed by atoms with van der Waals surface area (Å²) in [6.45, 7) is 4.21. The molecule has 13 N–H and O–H groups in total. The summed E-state index contributed by atoms with van der Waals surface area (Å²) < 4.78 is 0. The molecule has 42 heavy (non-hydrogen) atoms. The highest BCUT2D eigenvalue weighted by atomic mass is 16.4. The Morgan fingerprint density at radius 3 is 2.26 bits per heavy atom. The predicted molar refractivity (Wildman–Crippen MR) is 161 cm³/mol. The number of para-hydroxylation sites is 1. The van der Waals surface area contributed by atoms with Crippen LogP contribution in [0.2, 0.25) is 0 Å². The highest BCUT2D eigenvalue weighted by Gasteiger charge is 2.32. The number of fused-ring (bicyclic) bond motifs is 1. The molecule has 0 fully saturated rings. The number of nitrogens with one attached hydrogen (secondary N) is 4. The number of carbonyl (C=O) groups is 4. The quantitative estimate of drug-likeness (QED) is 0.0613. The van der Waals surface area contributed by atoms with Gasteiger partial charge in [0.15, 0.2) is 5.96 Å². The first-order chi connectivity index (χ1) is 19.9. The number of carboxylic acid groups (broad SMARTS) is 1. The topological polar surface area (TPSA) is 257 Å². The van der Waals surface area contributed by atoms with Crippen molar-refractivity contribution in [3.8, 4) is 0 Å². The maximum atomic E-state index is 13.5. The number of carboxylic acids is 1. The Morgan fingerprint density at radius 2 is 1.62 bits per heavy atom. The third kappa shape index (κ3) is 10.7. The van der Waals surface area contributed by atoms with Crippen LogP contribution in [0.3, 0.4) is 0 Å². The van der Waals surface area contributed by atoms with E-state index in [4.69, 9.17) is 22.9 Å². The second-order valence-electron chi connectivity index (χ2n) is 10.6. The van der Waals surface area contributed by atoms with Crippen LogP contribution < -0.4 is 38.9 Å². The molecule has 3 amide bonds. The fraction of sp³-hybridized carbons (Fsp3) is 0.536. The Balaban J connectivity index is 2.25. The van der Waals surface area contributed by atoms with Crippen LogP contribution in [0.1, 0.15) is 51.5 Å². The van der Waals surface area contributed by atoms with Crippen LogP contribution in [-0.4, -0.2) is 77.0 Å². The van der Waals surface area contributed by atoms with Crippen molar-refractivity contribution in [2.45, 2.75) is 76.5 Å². The van der Waals surface area contributed by atoms with Gasteiger partial charge in [-0.3, -0.25) is 19.4 Å². The number of aromatic nitrogens is 1. The van der Waals surface area contributed by atoms with E-state index in [1.165, 1.54) is 0 Å². The molecule has 0 bridgehead atoms. The summed E-state index contributed by atoms with van der Waals surface area (Å²) in [5, 5.41) is 18.6. The number of aliphatic carboxylic acids is 1. The monoisotopic (exact) mass is 587 g/mol. The fourth-order valence-electron chi connectivity index (χ4n) is 4.46. The van der Waals surface area contributed by atoms with Crippen molar-refractivity contribution in [1.82, 2.24) is 20.9 Å². The number of hydrogen-bond acceptors (Lipinski definition) is 7. The molecule has 2 rings (SSSR count).